The van der Waals surface area contributed by atoms with Crippen LogP contribution in [-0.2, 0) is 4.79 Å². The van der Waals surface area contributed by atoms with E-state index in [1.807, 2.05) is 29.2 Å². The van der Waals surface area contributed by atoms with E-state index in [1.165, 1.54) is 6.42 Å². The summed E-state index contributed by atoms with van der Waals surface area (Å²) in [6.07, 6.45) is 5.38. The summed E-state index contributed by atoms with van der Waals surface area (Å²) in [5.74, 6) is 1.21. The summed E-state index contributed by atoms with van der Waals surface area (Å²) in [6, 6.07) is 7.61. The first-order valence-corrected chi connectivity index (χ1v) is 10.7. The average Bonchev–Trinajstić information content (AvgIpc) is 2.68. The van der Waals surface area contributed by atoms with E-state index in [1.54, 1.807) is 0 Å². The Hall–Kier alpha value is -1.34. The molecule has 1 aromatic rings. The first-order valence-electron chi connectivity index (χ1n) is 10.7. The molecule has 1 aliphatic heterocycles. The van der Waals surface area contributed by atoms with E-state index >= 15 is 0 Å². The molecule has 0 radical (unpaired) electrons. The molecule has 3 aliphatic rings. The van der Waals surface area contributed by atoms with Crippen molar-refractivity contribution in [3.05, 3.63) is 29.8 Å². The number of amides is 2. The van der Waals surface area contributed by atoms with Gasteiger partial charge in [0.2, 0.25) is 5.91 Å². The number of hydrogen-bond donors (Lipinski definition) is 2. The summed E-state index contributed by atoms with van der Waals surface area (Å²) in [5, 5.41) is 3.06. The third-order valence-electron chi connectivity index (χ3n) is 6.97. The number of likely N-dealkylation sites (N-methyl/N-ethyl adjacent to an activating group) is 1. The van der Waals surface area contributed by atoms with Gasteiger partial charge in [-0.2, -0.15) is 0 Å². The van der Waals surface area contributed by atoms with Crippen LogP contribution in [0.2, 0.25) is 0 Å². The van der Waals surface area contributed by atoms with E-state index in [2.05, 4.69) is 17.3 Å². The zero-order valence-electron chi connectivity index (χ0n) is 17.6. The smallest absolute Gasteiger partial charge is 0.253 e. The Morgan fingerprint density at radius 2 is 1.53 bits per heavy atom. The normalized spacial score (nSPS) is 28.7. The van der Waals surface area contributed by atoms with Crippen molar-refractivity contribution >= 4 is 42.3 Å². The van der Waals surface area contributed by atoms with Crippen LogP contribution < -0.4 is 11.1 Å². The van der Waals surface area contributed by atoms with Crippen molar-refractivity contribution in [1.29, 1.82) is 0 Å². The highest BCUT2D eigenvalue weighted by atomic mass is 35.5. The zero-order chi connectivity index (χ0) is 19.7. The van der Waals surface area contributed by atoms with Gasteiger partial charge in [-0.1, -0.05) is 6.42 Å². The summed E-state index contributed by atoms with van der Waals surface area (Å²) < 4.78 is 0. The van der Waals surface area contributed by atoms with Crippen molar-refractivity contribution < 1.29 is 9.59 Å². The Balaban J connectivity index is 0.00000160. The summed E-state index contributed by atoms with van der Waals surface area (Å²) >= 11 is 0. The van der Waals surface area contributed by atoms with Gasteiger partial charge in [-0.05, 0) is 68.8 Å². The van der Waals surface area contributed by atoms with E-state index in [0.29, 0.717) is 17.4 Å². The van der Waals surface area contributed by atoms with Crippen LogP contribution in [0.3, 0.4) is 0 Å². The standard InChI is InChI=1S/C22H32N4O2.2ClH/c1-25-9-11-26(12-10-25)22(28)15-5-7-19(8-6-15)24-21(27)18-13-16-3-2-4-17(14-18)20(16)23;;/h5-8,16-18,20H,2-4,9-14,23H2,1H3,(H,24,27);2*1H. The summed E-state index contributed by atoms with van der Waals surface area (Å²) in [7, 11) is 2.08. The molecule has 8 heteroatoms. The lowest BCUT2D eigenvalue weighted by atomic mass is 9.65. The predicted octanol–water partition coefficient (Wildman–Crippen LogP) is 3.01. The second-order valence-electron chi connectivity index (χ2n) is 8.86. The molecule has 6 nitrogen and oxygen atoms in total. The van der Waals surface area contributed by atoms with E-state index in [-0.39, 0.29) is 48.6 Å². The second kappa shape index (κ2) is 10.8. The fourth-order valence-electron chi connectivity index (χ4n) is 5.14. The highest BCUT2D eigenvalue weighted by molar-refractivity contribution is 5.96. The molecular formula is C22H34Cl2N4O2. The van der Waals surface area contributed by atoms with Crippen molar-refractivity contribution in [2.45, 2.75) is 38.1 Å². The fourth-order valence-corrected chi connectivity index (χ4v) is 5.14. The molecule has 2 saturated carbocycles. The Labute approximate surface area is 191 Å². The quantitative estimate of drug-likeness (QED) is 0.732. The Morgan fingerprint density at radius 1 is 0.967 bits per heavy atom. The van der Waals surface area contributed by atoms with Crippen LogP contribution >= 0.6 is 24.8 Å². The van der Waals surface area contributed by atoms with E-state index < -0.39 is 0 Å². The van der Waals surface area contributed by atoms with Gasteiger partial charge in [0.25, 0.3) is 5.91 Å². The van der Waals surface area contributed by atoms with Crippen LogP contribution in [0.15, 0.2) is 24.3 Å². The van der Waals surface area contributed by atoms with Crippen molar-refractivity contribution in [3.63, 3.8) is 0 Å². The number of nitrogens with one attached hydrogen (secondary N) is 1. The largest absolute Gasteiger partial charge is 0.336 e. The van der Waals surface area contributed by atoms with Crippen LogP contribution in [0.1, 0.15) is 42.5 Å². The fraction of sp³-hybridized carbons (Fsp3) is 0.636. The molecule has 2 bridgehead atoms. The lowest BCUT2D eigenvalue weighted by molar-refractivity contribution is -0.122. The summed E-state index contributed by atoms with van der Waals surface area (Å²) in [6.45, 7) is 3.35. The minimum Gasteiger partial charge on any atom is -0.336 e. The number of anilines is 1. The second-order valence-corrected chi connectivity index (χ2v) is 8.86. The van der Waals surface area contributed by atoms with Crippen LogP contribution in [0.25, 0.3) is 0 Å². The minimum absolute atomic E-state index is 0. The molecule has 2 amide bonds. The lowest BCUT2D eigenvalue weighted by Gasteiger charge is -2.43. The number of carbonyl (C=O) groups is 2. The number of nitrogens with two attached hydrogens (primary N) is 1. The monoisotopic (exact) mass is 456 g/mol. The maximum atomic E-state index is 12.8. The number of rotatable bonds is 3. The third-order valence-corrected chi connectivity index (χ3v) is 6.97. The highest BCUT2D eigenvalue weighted by Crippen LogP contribution is 2.42. The lowest BCUT2D eigenvalue weighted by Crippen LogP contribution is -2.48. The van der Waals surface area contributed by atoms with Crippen LogP contribution in [0, 0.1) is 17.8 Å². The van der Waals surface area contributed by atoms with Gasteiger partial charge in [-0.25, -0.2) is 0 Å². The van der Waals surface area contributed by atoms with Gasteiger partial charge in [0.15, 0.2) is 0 Å². The predicted molar refractivity (Wildman–Crippen MR) is 124 cm³/mol. The van der Waals surface area contributed by atoms with Crippen molar-refractivity contribution in [1.82, 2.24) is 9.80 Å². The first kappa shape index (κ1) is 24.9. The molecule has 3 fully saturated rings. The van der Waals surface area contributed by atoms with Gasteiger partial charge >= 0.3 is 0 Å². The molecule has 0 spiro atoms. The Morgan fingerprint density at radius 3 is 2.10 bits per heavy atom. The number of carbonyl (C=O) groups excluding carboxylic acids is 2. The van der Waals surface area contributed by atoms with Crippen LogP contribution in [0.4, 0.5) is 5.69 Å². The summed E-state index contributed by atoms with van der Waals surface area (Å²) in [5.41, 5.74) is 7.79. The minimum atomic E-state index is 0. The number of nitrogens with zero attached hydrogens (tertiary/aromatic N) is 2. The molecule has 4 rings (SSSR count). The highest BCUT2D eigenvalue weighted by Gasteiger charge is 2.40. The molecule has 3 N–H and O–H groups in total. The van der Waals surface area contributed by atoms with Crippen LogP contribution in [-0.4, -0.2) is 60.9 Å². The maximum absolute atomic E-state index is 12.8. The first-order chi connectivity index (χ1) is 13.5. The molecule has 30 heavy (non-hydrogen) atoms. The van der Waals surface area contributed by atoms with Gasteiger partial charge in [-0.15, -0.1) is 24.8 Å². The number of benzene rings is 1. The zero-order valence-corrected chi connectivity index (χ0v) is 19.2. The SMILES string of the molecule is CN1CCN(C(=O)c2ccc(NC(=O)C3CC4CCCC(C3)C4N)cc2)CC1.Cl.Cl. The summed E-state index contributed by atoms with van der Waals surface area (Å²) in [4.78, 5) is 29.5. The van der Waals surface area contributed by atoms with E-state index in [9.17, 15) is 9.59 Å². The van der Waals surface area contributed by atoms with Gasteiger partial charge in [0.1, 0.15) is 0 Å². The maximum Gasteiger partial charge on any atom is 0.253 e. The molecule has 2 unspecified atom stereocenters. The molecule has 1 heterocycles. The molecule has 0 aromatic heterocycles. The van der Waals surface area contributed by atoms with E-state index in [4.69, 9.17) is 5.73 Å². The molecular weight excluding hydrogens is 423 g/mol. The van der Waals surface area contributed by atoms with Gasteiger partial charge in [0, 0.05) is 49.4 Å². The Kier molecular flexibility index (Phi) is 8.98. The molecule has 1 saturated heterocycles. The average molecular weight is 457 g/mol. The van der Waals surface area contributed by atoms with Gasteiger partial charge in [-0.3, -0.25) is 9.59 Å². The van der Waals surface area contributed by atoms with Crippen molar-refractivity contribution in [3.8, 4) is 0 Å². The third kappa shape index (κ3) is 5.47. The number of piperazine rings is 1. The van der Waals surface area contributed by atoms with Crippen LogP contribution in [0.5, 0.6) is 0 Å². The topological polar surface area (TPSA) is 78.7 Å². The van der Waals surface area contributed by atoms with Gasteiger partial charge < -0.3 is 20.9 Å². The number of halogens is 2. The Bertz CT molecular complexity index is 708. The van der Waals surface area contributed by atoms with Crippen molar-refractivity contribution in [2.24, 2.45) is 23.5 Å². The molecule has 168 valence electrons. The van der Waals surface area contributed by atoms with E-state index in [0.717, 1.165) is 57.5 Å². The van der Waals surface area contributed by atoms with Crippen molar-refractivity contribution in [2.75, 3.05) is 38.5 Å². The number of hydrogen-bond acceptors (Lipinski definition) is 4. The molecule has 1 aromatic carbocycles. The molecule has 2 atom stereocenters. The van der Waals surface area contributed by atoms with Gasteiger partial charge in [0.05, 0.1) is 0 Å². The number of fused-ring (bicyclic) bond motifs is 2. The molecule has 2 aliphatic carbocycles.